The van der Waals surface area contributed by atoms with E-state index >= 15 is 0 Å². The standard InChI is InChI=1S/C19H15N3O4/c20-8-13-3-1-2-4-15(13)21-18(23)14-9-22(10-14)19(24)12-5-6-16-17(7-12)26-11-25-16/h1-7,14H,9-11H2,(H,21,23). The Balaban J connectivity index is 1.37. The third-order valence-electron chi connectivity index (χ3n) is 4.46. The zero-order valence-corrected chi connectivity index (χ0v) is 13.8. The summed E-state index contributed by atoms with van der Waals surface area (Å²) in [6.45, 7) is 0.838. The van der Waals surface area contributed by atoms with Gasteiger partial charge < -0.3 is 19.7 Å². The first-order valence-electron chi connectivity index (χ1n) is 8.14. The Kier molecular flexibility index (Phi) is 3.93. The van der Waals surface area contributed by atoms with Gasteiger partial charge >= 0.3 is 0 Å². The number of anilines is 1. The molecule has 0 aliphatic carbocycles. The van der Waals surface area contributed by atoms with E-state index in [0.717, 1.165) is 0 Å². The first-order valence-corrected chi connectivity index (χ1v) is 8.14. The number of benzene rings is 2. The number of hydrogen-bond acceptors (Lipinski definition) is 5. The van der Waals surface area contributed by atoms with E-state index in [2.05, 4.69) is 5.32 Å². The topological polar surface area (TPSA) is 91.7 Å². The lowest BCUT2D eigenvalue weighted by Crippen LogP contribution is -2.54. The molecule has 2 heterocycles. The average Bonchev–Trinajstić information content (AvgIpc) is 3.08. The second-order valence-corrected chi connectivity index (χ2v) is 6.12. The van der Waals surface area contributed by atoms with Crippen molar-refractivity contribution in [2.45, 2.75) is 0 Å². The SMILES string of the molecule is N#Cc1ccccc1NC(=O)C1CN(C(=O)c2ccc3c(c2)OCO3)C1. The molecule has 1 N–H and O–H groups in total. The zero-order valence-electron chi connectivity index (χ0n) is 13.8. The van der Waals surface area contributed by atoms with Gasteiger partial charge in [-0.15, -0.1) is 0 Å². The predicted octanol–water partition coefficient (Wildman–Crippen LogP) is 2.00. The van der Waals surface area contributed by atoms with Crippen molar-refractivity contribution in [2.75, 3.05) is 25.2 Å². The van der Waals surface area contributed by atoms with E-state index in [0.29, 0.717) is 41.4 Å². The molecule has 2 aromatic rings. The molecule has 26 heavy (non-hydrogen) atoms. The Morgan fingerprint density at radius 3 is 2.69 bits per heavy atom. The highest BCUT2D eigenvalue weighted by Gasteiger charge is 2.36. The van der Waals surface area contributed by atoms with Crippen LogP contribution >= 0.6 is 0 Å². The number of nitrogens with one attached hydrogen (secondary N) is 1. The van der Waals surface area contributed by atoms with Gasteiger partial charge in [-0.3, -0.25) is 9.59 Å². The maximum Gasteiger partial charge on any atom is 0.254 e. The fourth-order valence-corrected chi connectivity index (χ4v) is 2.95. The number of amides is 2. The molecule has 1 fully saturated rings. The van der Waals surface area contributed by atoms with Crippen molar-refractivity contribution in [3.8, 4) is 17.6 Å². The zero-order chi connectivity index (χ0) is 18.1. The highest BCUT2D eigenvalue weighted by Crippen LogP contribution is 2.33. The molecule has 7 heteroatoms. The van der Waals surface area contributed by atoms with E-state index in [4.69, 9.17) is 14.7 Å². The van der Waals surface area contributed by atoms with Gasteiger partial charge in [0.2, 0.25) is 12.7 Å². The van der Waals surface area contributed by atoms with Crippen molar-refractivity contribution in [3.05, 3.63) is 53.6 Å². The third-order valence-corrected chi connectivity index (χ3v) is 4.46. The van der Waals surface area contributed by atoms with Gasteiger partial charge in [-0.25, -0.2) is 0 Å². The molecule has 0 bridgehead atoms. The van der Waals surface area contributed by atoms with Crippen molar-refractivity contribution < 1.29 is 19.1 Å². The summed E-state index contributed by atoms with van der Waals surface area (Å²) >= 11 is 0. The molecule has 2 aromatic carbocycles. The van der Waals surface area contributed by atoms with Crippen molar-refractivity contribution in [1.82, 2.24) is 4.90 Å². The van der Waals surface area contributed by atoms with Gasteiger partial charge in [-0.2, -0.15) is 5.26 Å². The first-order chi connectivity index (χ1) is 12.7. The molecule has 0 saturated carbocycles. The molecule has 7 nitrogen and oxygen atoms in total. The first kappa shape index (κ1) is 16.0. The second-order valence-electron chi connectivity index (χ2n) is 6.12. The Morgan fingerprint density at radius 2 is 1.88 bits per heavy atom. The van der Waals surface area contributed by atoms with E-state index in [9.17, 15) is 9.59 Å². The second kappa shape index (κ2) is 6.41. The quantitative estimate of drug-likeness (QED) is 0.915. The van der Waals surface area contributed by atoms with Gasteiger partial charge in [0.25, 0.3) is 5.91 Å². The largest absolute Gasteiger partial charge is 0.454 e. The van der Waals surface area contributed by atoms with E-state index in [1.54, 1.807) is 47.4 Å². The molecular formula is C19H15N3O4. The summed E-state index contributed by atoms with van der Waals surface area (Å²) in [6, 6.07) is 13.9. The molecule has 0 aromatic heterocycles. The van der Waals surface area contributed by atoms with Crippen LogP contribution < -0.4 is 14.8 Å². The van der Waals surface area contributed by atoms with Crippen molar-refractivity contribution in [3.63, 3.8) is 0 Å². The van der Waals surface area contributed by atoms with Crippen molar-refractivity contribution in [2.24, 2.45) is 5.92 Å². The van der Waals surface area contributed by atoms with Crippen LogP contribution in [0.2, 0.25) is 0 Å². The van der Waals surface area contributed by atoms with Crippen LogP contribution in [0.4, 0.5) is 5.69 Å². The highest BCUT2D eigenvalue weighted by molar-refractivity contribution is 5.99. The molecular weight excluding hydrogens is 334 g/mol. The van der Waals surface area contributed by atoms with E-state index < -0.39 is 0 Å². The Hall–Kier alpha value is -3.53. The average molecular weight is 349 g/mol. The monoisotopic (exact) mass is 349 g/mol. The van der Waals surface area contributed by atoms with Crippen LogP contribution in [0.25, 0.3) is 0 Å². The molecule has 4 rings (SSSR count). The summed E-state index contributed by atoms with van der Waals surface area (Å²) in [5, 5.41) is 11.8. The van der Waals surface area contributed by atoms with Gasteiger partial charge in [0.15, 0.2) is 11.5 Å². The molecule has 2 aliphatic heterocycles. The maximum absolute atomic E-state index is 12.5. The molecule has 0 radical (unpaired) electrons. The smallest absolute Gasteiger partial charge is 0.254 e. The minimum absolute atomic E-state index is 0.148. The van der Waals surface area contributed by atoms with E-state index in [1.807, 2.05) is 6.07 Å². The van der Waals surface area contributed by atoms with Crippen LogP contribution in [-0.2, 0) is 4.79 Å². The number of fused-ring (bicyclic) bond motifs is 1. The fourth-order valence-electron chi connectivity index (χ4n) is 2.95. The number of likely N-dealkylation sites (tertiary alicyclic amines) is 1. The molecule has 2 aliphatic rings. The number of para-hydroxylation sites is 1. The summed E-state index contributed by atoms with van der Waals surface area (Å²) in [5.41, 5.74) is 1.40. The maximum atomic E-state index is 12.5. The van der Waals surface area contributed by atoms with Gasteiger partial charge in [-0.1, -0.05) is 12.1 Å². The van der Waals surface area contributed by atoms with Gasteiger partial charge in [0.05, 0.1) is 17.2 Å². The molecule has 130 valence electrons. The van der Waals surface area contributed by atoms with Crippen molar-refractivity contribution >= 4 is 17.5 Å². The van der Waals surface area contributed by atoms with Crippen LogP contribution in [0, 0.1) is 17.2 Å². The van der Waals surface area contributed by atoms with Crippen LogP contribution in [0.3, 0.4) is 0 Å². The molecule has 0 atom stereocenters. The van der Waals surface area contributed by atoms with Crippen LogP contribution in [-0.4, -0.2) is 36.6 Å². The minimum atomic E-state index is -0.292. The van der Waals surface area contributed by atoms with Gasteiger partial charge in [0.1, 0.15) is 6.07 Å². The van der Waals surface area contributed by atoms with Crippen molar-refractivity contribution in [1.29, 1.82) is 5.26 Å². The molecule has 2 amide bonds. The van der Waals surface area contributed by atoms with Gasteiger partial charge in [0, 0.05) is 18.7 Å². The van der Waals surface area contributed by atoms with Crippen LogP contribution in [0.15, 0.2) is 42.5 Å². The lowest BCUT2D eigenvalue weighted by atomic mass is 9.97. The van der Waals surface area contributed by atoms with E-state index in [-0.39, 0.29) is 24.5 Å². The summed E-state index contributed by atoms with van der Waals surface area (Å²) in [4.78, 5) is 26.4. The fraction of sp³-hybridized carbons (Fsp3) is 0.211. The minimum Gasteiger partial charge on any atom is -0.454 e. The Morgan fingerprint density at radius 1 is 1.12 bits per heavy atom. The summed E-state index contributed by atoms with van der Waals surface area (Å²) in [7, 11) is 0. The Bertz CT molecular complexity index is 929. The summed E-state index contributed by atoms with van der Waals surface area (Å²) < 4.78 is 10.5. The molecule has 0 spiro atoms. The van der Waals surface area contributed by atoms with Crippen LogP contribution in [0.5, 0.6) is 11.5 Å². The number of ether oxygens (including phenoxy) is 2. The molecule has 1 saturated heterocycles. The number of hydrogen-bond donors (Lipinski definition) is 1. The normalized spacial score (nSPS) is 15.1. The Labute approximate surface area is 149 Å². The third kappa shape index (κ3) is 2.82. The number of nitriles is 1. The van der Waals surface area contributed by atoms with E-state index in [1.165, 1.54) is 0 Å². The summed E-state index contributed by atoms with van der Waals surface area (Å²) in [5.74, 6) is 0.546. The predicted molar refractivity (Wildman–Crippen MR) is 91.7 cm³/mol. The molecule has 0 unspecified atom stereocenters. The lowest BCUT2D eigenvalue weighted by Gasteiger charge is -2.38. The number of nitrogens with zero attached hydrogens (tertiary/aromatic N) is 2. The van der Waals surface area contributed by atoms with Crippen LogP contribution in [0.1, 0.15) is 15.9 Å². The highest BCUT2D eigenvalue weighted by atomic mass is 16.7. The lowest BCUT2D eigenvalue weighted by molar-refractivity contribution is -0.123. The number of rotatable bonds is 3. The number of carbonyl (C=O) groups is 2. The van der Waals surface area contributed by atoms with Gasteiger partial charge in [-0.05, 0) is 30.3 Å². The number of carbonyl (C=O) groups excluding carboxylic acids is 2. The summed E-state index contributed by atoms with van der Waals surface area (Å²) in [6.07, 6.45) is 0.